The number of para-hydroxylation sites is 1. The number of benzene rings is 1. The lowest BCUT2D eigenvalue weighted by Crippen LogP contribution is -2.45. The van der Waals surface area contributed by atoms with Crippen LogP contribution in [0.5, 0.6) is 5.75 Å². The molecule has 0 heterocycles. The molecule has 0 N–H and O–H groups in total. The molecule has 3 nitrogen and oxygen atoms in total. The molecule has 0 aromatic heterocycles. The van der Waals surface area contributed by atoms with Crippen molar-refractivity contribution in [2.24, 2.45) is 0 Å². The summed E-state index contributed by atoms with van der Waals surface area (Å²) in [6.07, 6.45) is 6.35. The van der Waals surface area contributed by atoms with Gasteiger partial charge in [0.2, 0.25) is 0 Å². The van der Waals surface area contributed by atoms with Crippen molar-refractivity contribution in [3.8, 4) is 5.75 Å². The molecule has 1 aromatic carbocycles. The average Bonchev–Trinajstić information content (AvgIpc) is 2.53. The molecule has 0 saturated heterocycles. The molecular formula is C18H27NO2. The molecule has 1 aliphatic carbocycles. The Hall–Kier alpha value is -1.51. The van der Waals surface area contributed by atoms with E-state index in [4.69, 9.17) is 4.74 Å². The van der Waals surface area contributed by atoms with Crippen molar-refractivity contribution in [2.75, 3.05) is 7.05 Å². The van der Waals surface area contributed by atoms with Gasteiger partial charge in [0.1, 0.15) is 5.75 Å². The zero-order valence-electron chi connectivity index (χ0n) is 13.5. The molecule has 3 heteroatoms. The van der Waals surface area contributed by atoms with E-state index >= 15 is 0 Å². The van der Waals surface area contributed by atoms with E-state index in [-0.39, 0.29) is 12.0 Å². The van der Waals surface area contributed by atoms with Crippen LogP contribution in [0.2, 0.25) is 0 Å². The Balaban J connectivity index is 2.02. The lowest BCUT2D eigenvalue weighted by molar-refractivity contribution is -0.140. The van der Waals surface area contributed by atoms with Crippen LogP contribution in [0.3, 0.4) is 0 Å². The zero-order chi connectivity index (χ0) is 15.2. The second-order valence-electron chi connectivity index (χ2n) is 6.02. The van der Waals surface area contributed by atoms with Crippen LogP contribution in [0, 0.1) is 6.92 Å². The fourth-order valence-corrected chi connectivity index (χ4v) is 3.03. The van der Waals surface area contributed by atoms with Crippen LogP contribution in [-0.4, -0.2) is 30.0 Å². The van der Waals surface area contributed by atoms with Gasteiger partial charge in [-0.25, -0.2) is 0 Å². The maximum Gasteiger partial charge on any atom is 0.263 e. The van der Waals surface area contributed by atoms with Crippen LogP contribution < -0.4 is 4.74 Å². The van der Waals surface area contributed by atoms with Crippen LogP contribution in [0.25, 0.3) is 0 Å². The topological polar surface area (TPSA) is 29.5 Å². The third-order valence-corrected chi connectivity index (χ3v) is 4.48. The molecule has 0 unspecified atom stereocenters. The van der Waals surface area contributed by atoms with Gasteiger partial charge in [0.05, 0.1) is 0 Å². The molecule has 0 spiro atoms. The highest BCUT2D eigenvalue weighted by atomic mass is 16.5. The van der Waals surface area contributed by atoms with Gasteiger partial charge < -0.3 is 9.64 Å². The highest BCUT2D eigenvalue weighted by Gasteiger charge is 2.28. The summed E-state index contributed by atoms with van der Waals surface area (Å²) in [4.78, 5) is 14.6. The summed E-state index contributed by atoms with van der Waals surface area (Å²) in [6.45, 7) is 4.02. The van der Waals surface area contributed by atoms with Gasteiger partial charge in [0.25, 0.3) is 5.91 Å². The van der Waals surface area contributed by atoms with E-state index in [0.29, 0.717) is 12.5 Å². The summed E-state index contributed by atoms with van der Waals surface area (Å²) in [7, 11) is 1.93. The van der Waals surface area contributed by atoms with E-state index in [2.05, 4.69) is 0 Å². The van der Waals surface area contributed by atoms with Crippen molar-refractivity contribution < 1.29 is 9.53 Å². The van der Waals surface area contributed by atoms with Gasteiger partial charge in [-0.3, -0.25) is 4.79 Å². The lowest BCUT2D eigenvalue weighted by atomic mass is 9.94. The van der Waals surface area contributed by atoms with Gasteiger partial charge in [-0.15, -0.1) is 0 Å². The third-order valence-electron chi connectivity index (χ3n) is 4.48. The summed E-state index contributed by atoms with van der Waals surface area (Å²) >= 11 is 0. The van der Waals surface area contributed by atoms with Crippen LogP contribution in [0.4, 0.5) is 0 Å². The maximum atomic E-state index is 12.7. The molecule has 1 aromatic rings. The van der Waals surface area contributed by atoms with Gasteiger partial charge in [-0.05, 0) is 37.8 Å². The van der Waals surface area contributed by atoms with Crippen LogP contribution in [-0.2, 0) is 4.79 Å². The van der Waals surface area contributed by atoms with Gasteiger partial charge in [-0.2, -0.15) is 0 Å². The first kappa shape index (κ1) is 15.9. The number of hydrogen-bond donors (Lipinski definition) is 0. The van der Waals surface area contributed by atoms with Gasteiger partial charge in [0, 0.05) is 13.1 Å². The van der Waals surface area contributed by atoms with Crippen LogP contribution in [0.1, 0.15) is 51.0 Å². The van der Waals surface area contributed by atoms with Crippen LogP contribution >= 0.6 is 0 Å². The second-order valence-corrected chi connectivity index (χ2v) is 6.02. The Labute approximate surface area is 128 Å². The molecule has 1 aliphatic rings. The number of carbonyl (C=O) groups excluding carboxylic acids is 1. The highest BCUT2D eigenvalue weighted by molar-refractivity contribution is 5.81. The summed E-state index contributed by atoms with van der Waals surface area (Å²) in [5.41, 5.74) is 1.07. The van der Waals surface area contributed by atoms with E-state index in [1.165, 1.54) is 19.3 Å². The zero-order valence-corrected chi connectivity index (χ0v) is 13.5. The summed E-state index contributed by atoms with van der Waals surface area (Å²) < 4.78 is 5.98. The fraction of sp³-hybridized carbons (Fsp3) is 0.611. The van der Waals surface area contributed by atoms with E-state index in [1.54, 1.807) is 0 Å². The Morgan fingerprint density at radius 3 is 2.57 bits per heavy atom. The second kappa shape index (κ2) is 7.48. The van der Waals surface area contributed by atoms with Crippen molar-refractivity contribution in [1.82, 2.24) is 4.90 Å². The number of rotatable bonds is 5. The fourth-order valence-electron chi connectivity index (χ4n) is 3.03. The molecule has 1 atom stereocenters. The first-order valence-electron chi connectivity index (χ1n) is 8.12. The van der Waals surface area contributed by atoms with Crippen molar-refractivity contribution >= 4 is 5.91 Å². The molecule has 21 heavy (non-hydrogen) atoms. The van der Waals surface area contributed by atoms with Crippen molar-refractivity contribution in [1.29, 1.82) is 0 Å². The Morgan fingerprint density at radius 2 is 1.95 bits per heavy atom. The summed E-state index contributed by atoms with van der Waals surface area (Å²) in [5.74, 6) is 0.933. The Kier molecular flexibility index (Phi) is 5.66. The Bertz CT molecular complexity index is 466. The maximum absolute atomic E-state index is 12.7. The van der Waals surface area contributed by atoms with E-state index in [1.807, 2.05) is 50.1 Å². The molecule has 1 amide bonds. The first-order chi connectivity index (χ1) is 10.1. The molecule has 1 fully saturated rings. The Morgan fingerprint density at radius 1 is 1.29 bits per heavy atom. The number of ether oxygens (including phenoxy) is 1. The minimum absolute atomic E-state index is 0.118. The van der Waals surface area contributed by atoms with Crippen molar-refractivity contribution in [2.45, 2.75) is 64.5 Å². The monoisotopic (exact) mass is 289 g/mol. The highest BCUT2D eigenvalue weighted by Crippen LogP contribution is 2.24. The minimum Gasteiger partial charge on any atom is -0.480 e. The molecule has 0 aliphatic heterocycles. The quantitative estimate of drug-likeness (QED) is 0.821. The molecule has 1 saturated carbocycles. The predicted octanol–water partition coefficient (Wildman–Crippen LogP) is 3.94. The predicted molar refractivity (Wildman–Crippen MR) is 85.5 cm³/mol. The summed E-state index contributed by atoms with van der Waals surface area (Å²) in [6, 6.07) is 8.27. The van der Waals surface area contributed by atoms with Crippen LogP contribution in [0.15, 0.2) is 24.3 Å². The number of aryl methyl sites for hydroxylation is 1. The molecule has 116 valence electrons. The normalized spacial score (nSPS) is 17.3. The first-order valence-corrected chi connectivity index (χ1v) is 8.12. The van der Waals surface area contributed by atoms with Crippen molar-refractivity contribution in [3.05, 3.63) is 29.8 Å². The van der Waals surface area contributed by atoms with Gasteiger partial charge in [-0.1, -0.05) is 44.4 Å². The van der Waals surface area contributed by atoms with Gasteiger partial charge >= 0.3 is 0 Å². The van der Waals surface area contributed by atoms with E-state index < -0.39 is 0 Å². The number of hydrogen-bond acceptors (Lipinski definition) is 2. The SMILES string of the molecule is CC[C@@H](Oc1ccccc1C)C(=O)N(C)C1CCCCC1. The number of carbonyl (C=O) groups is 1. The standard InChI is InChI=1S/C18H27NO2/c1-4-16(21-17-13-9-8-10-14(17)2)18(20)19(3)15-11-6-5-7-12-15/h8-10,13,15-16H,4-7,11-12H2,1-3H3/t16-/m1/s1. The molecule has 0 radical (unpaired) electrons. The summed E-state index contributed by atoms with van der Waals surface area (Å²) in [5, 5.41) is 0. The molecule has 2 rings (SSSR count). The minimum atomic E-state index is -0.377. The largest absolute Gasteiger partial charge is 0.480 e. The smallest absolute Gasteiger partial charge is 0.263 e. The van der Waals surface area contributed by atoms with E-state index in [0.717, 1.165) is 24.2 Å². The van der Waals surface area contributed by atoms with E-state index in [9.17, 15) is 4.79 Å². The molecular weight excluding hydrogens is 262 g/mol. The number of nitrogens with zero attached hydrogens (tertiary/aromatic N) is 1. The lowest BCUT2D eigenvalue weighted by Gasteiger charge is -2.33. The number of amides is 1. The van der Waals surface area contributed by atoms with Gasteiger partial charge in [0.15, 0.2) is 6.10 Å². The third kappa shape index (κ3) is 3.99. The number of likely N-dealkylation sites (N-methyl/N-ethyl adjacent to an activating group) is 1. The average molecular weight is 289 g/mol. The molecule has 0 bridgehead atoms. The van der Waals surface area contributed by atoms with Crippen molar-refractivity contribution in [3.63, 3.8) is 0 Å².